The number of nitrogens with one attached hydrogen (secondary N) is 1. The van der Waals surface area contributed by atoms with E-state index in [4.69, 9.17) is 16.3 Å². The molecule has 1 saturated heterocycles. The average Bonchev–Trinajstić information content (AvgIpc) is 3.01. The van der Waals surface area contributed by atoms with Crippen molar-refractivity contribution < 1.29 is 18.7 Å². The molecule has 1 N–H and O–H groups in total. The maximum atomic E-state index is 13.1. The van der Waals surface area contributed by atoms with E-state index in [-0.39, 0.29) is 18.1 Å². The van der Waals surface area contributed by atoms with Gasteiger partial charge in [-0.25, -0.2) is 14.1 Å². The second-order valence-corrected chi connectivity index (χ2v) is 7.00. The Labute approximate surface area is 177 Å². The minimum atomic E-state index is -0.557. The number of urea groups is 1. The zero-order valence-corrected chi connectivity index (χ0v) is 16.4. The molecule has 1 heterocycles. The van der Waals surface area contributed by atoms with Gasteiger partial charge in [0.1, 0.15) is 23.9 Å². The van der Waals surface area contributed by atoms with Crippen molar-refractivity contribution in [2.45, 2.75) is 6.61 Å². The summed E-state index contributed by atoms with van der Waals surface area (Å²) in [6.07, 6.45) is 1.56. The van der Waals surface area contributed by atoms with Crippen LogP contribution in [0.4, 0.5) is 14.9 Å². The average molecular weight is 423 g/mol. The highest BCUT2D eigenvalue weighted by molar-refractivity contribution is 6.32. The molecule has 0 atom stereocenters. The van der Waals surface area contributed by atoms with Gasteiger partial charge in [-0.3, -0.25) is 4.79 Å². The van der Waals surface area contributed by atoms with Crippen LogP contribution in [0, 0.1) is 5.82 Å². The summed E-state index contributed by atoms with van der Waals surface area (Å²) in [6.45, 7) is 0.232. The van der Waals surface area contributed by atoms with Crippen LogP contribution in [-0.4, -0.2) is 11.9 Å². The monoisotopic (exact) mass is 422 g/mol. The van der Waals surface area contributed by atoms with E-state index >= 15 is 0 Å². The number of carbonyl (C=O) groups is 2. The first-order chi connectivity index (χ1) is 14.5. The van der Waals surface area contributed by atoms with Crippen LogP contribution in [-0.2, 0) is 11.4 Å². The van der Waals surface area contributed by atoms with E-state index in [2.05, 4.69) is 5.32 Å². The zero-order valence-electron chi connectivity index (χ0n) is 15.6. The molecule has 0 radical (unpaired) electrons. The third-order valence-electron chi connectivity index (χ3n) is 4.47. The number of anilines is 1. The summed E-state index contributed by atoms with van der Waals surface area (Å²) in [5.74, 6) is -0.281. The highest BCUT2D eigenvalue weighted by atomic mass is 35.5. The molecule has 150 valence electrons. The summed E-state index contributed by atoms with van der Waals surface area (Å²) in [5.41, 5.74) is 1.93. The van der Waals surface area contributed by atoms with E-state index in [0.29, 0.717) is 22.0 Å². The lowest BCUT2D eigenvalue weighted by atomic mass is 10.1. The van der Waals surface area contributed by atoms with Crippen molar-refractivity contribution in [3.05, 3.63) is 100 Å². The van der Waals surface area contributed by atoms with E-state index in [1.54, 1.807) is 66.7 Å². The molecule has 4 rings (SSSR count). The number of nitrogens with zero attached hydrogens (tertiary/aromatic N) is 1. The fourth-order valence-electron chi connectivity index (χ4n) is 3.01. The second-order valence-electron chi connectivity index (χ2n) is 6.56. The molecule has 1 aliphatic rings. The molecule has 5 nitrogen and oxygen atoms in total. The molecule has 0 aromatic heterocycles. The Morgan fingerprint density at radius 1 is 1.00 bits per heavy atom. The molecule has 7 heteroatoms. The number of imide groups is 1. The van der Waals surface area contributed by atoms with Crippen molar-refractivity contribution in [2.24, 2.45) is 0 Å². The van der Waals surface area contributed by atoms with E-state index in [1.165, 1.54) is 12.1 Å². The third kappa shape index (κ3) is 4.18. The van der Waals surface area contributed by atoms with E-state index in [0.717, 1.165) is 10.5 Å². The van der Waals surface area contributed by atoms with E-state index in [1.807, 2.05) is 0 Å². The van der Waals surface area contributed by atoms with Crippen molar-refractivity contribution in [1.29, 1.82) is 0 Å². The number of rotatable bonds is 5. The lowest BCUT2D eigenvalue weighted by Crippen LogP contribution is -2.30. The molecular weight excluding hydrogens is 407 g/mol. The summed E-state index contributed by atoms with van der Waals surface area (Å²) in [4.78, 5) is 26.2. The van der Waals surface area contributed by atoms with Crippen LogP contribution in [0.15, 0.2) is 78.5 Å². The van der Waals surface area contributed by atoms with Crippen molar-refractivity contribution in [1.82, 2.24) is 5.32 Å². The van der Waals surface area contributed by atoms with Gasteiger partial charge in [-0.05, 0) is 48.0 Å². The molecule has 1 aliphatic heterocycles. The Hall–Kier alpha value is -3.64. The minimum absolute atomic E-state index is 0.123. The molecular formula is C23H16ClFN2O3. The fourth-order valence-corrected chi connectivity index (χ4v) is 3.20. The van der Waals surface area contributed by atoms with Crippen molar-refractivity contribution in [3.63, 3.8) is 0 Å². The summed E-state index contributed by atoms with van der Waals surface area (Å²) in [7, 11) is 0. The van der Waals surface area contributed by atoms with Crippen LogP contribution >= 0.6 is 11.6 Å². The first-order valence-electron chi connectivity index (χ1n) is 9.10. The number of para-hydroxylation sites is 1. The Bertz CT molecular complexity index is 1150. The van der Waals surface area contributed by atoms with Gasteiger partial charge in [-0.1, -0.05) is 48.0 Å². The molecule has 3 amide bonds. The highest BCUT2D eigenvalue weighted by Gasteiger charge is 2.35. The number of amides is 3. The molecule has 30 heavy (non-hydrogen) atoms. The van der Waals surface area contributed by atoms with Crippen LogP contribution in [0.5, 0.6) is 5.75 Å². The van der Waals surface area contributed by atoms with Crippen LogP contribution in [0.25, 0.3) is 6.08 Å². The molecule has 3 aromatic carbocycles. The SMILES string of the molecule is O=C1N/C(=C/c2ccccc2OCc2ccc(F)cc2)C(=O)N1c1cccc(Cl)c1. The fraction of sp³-hybridized carbons (Fsp3) is 0.0435. The van der Waals surface area contributed by atoms with Crippen LogP contribution in [0.3, 0.4) is 0 Å². The Morgan fingerprint density at radius 2 is 1.77 bits per heavy atom. The van der Waals surface area contributed by atoms with Gasteiger partial charge in [0.05, 0.1) is 5.69 Å². The molecule has 3 aromatic rings. The molecule has 1 fully saturated rings. The predicted molar refractivity (Wildman–Crippen MR) is 113 cm³/mol. The lowest BCUT2D eigenvalue weighted by Gasteiger charge is -2.12. The number of hydrogen-bond acceptors (Lipinski definition) is 3. The maximum absolute atomic E-state index is 13.1. The maximum Gasteiger partial charge on any atom is 0.333 e. The van der Waals surface area contributed by atoms with Crippen molar-refractivity contribution in [3.8, 4) is 5.75 Å². The molecule has 0 saturated carbocycles. The van der Waals surface area contributed by atoms with Gasteiger partial charge in [0.15, 0.2) is 0 Å². The lowest BCUT2D eigenvalue weighted by molar-refractivity contribution is -0.113. The number of hydrogen-bond donors (Lipinski definition) is 1. The number of carbonyl (C=O) groups excluding carboxylic acids is 2. The van der Waals surface area contributed by atoms with Gasteiger partial charge in [-0.2, -0.15) is 0 Å². The van der Waals surface area contributed by atoms with E-state index in [9.17, 15) is 14.0 Å². The Kier molecular flexibility index (Phi) is 5.50. The molecule has 0 unspecified atom stereocenters. The Morgan fingerprint density at radius 3 is 2.53 bits per heavy atom. The van der Waals surface area contributed by atoms with E-state index < -0.39 is 11.9 Å². The van der Waals surface area contributed by atoms with Crippen LogP contribution in [0.1, 0.15) is 11.1 Å². The number of ether oxygens (including phenoxy) is 1. The van der Waals surface area contributed by atoms with Gasteiger partial charge >= 0.3 is 6.03 Å². The Balaban J connectivity index is 1.57. The third-order valence-corrected chi connectivity index (χ3v) is 4.71. The van der Waals surface area contributed by atoms with Gasteiger partial charge in [-0.15, -0.1) is 0 Å². The minimum Gasteiger partial charge on any atom is -0.488 e. The second kappa shape index (κ2) is 8.39. The predicted octanol–water partition coefficient (Wildman–Crippen LogP) is 5.16. The summed E-state index contributed by atoms with van der Waals surface area (Å²) in [5, 5.41) is 3.01. The van der Waals surface area contributed by atoms with Gasteiger partial charge in [0, 0.05) is 10.6 Å². The first-order valence-corrected chi connectivity index (χ1v) is 9.48. The van der Waals surface area contributed by atoms with Gasteiger partial charge in [0.2, 0.25) is 0 Å². The summed E-state index contributed by atoms with van der Waals surface area (Å²) >= 11 is 5.98. The smallest absolute Gasteiger partial charge is 0.333 e. The summed E-state index contributed by atoms with van der Waals surface area (Å²) < 4.78 is 18.9. The molecule has 0 spiro atoms. The number of halogens is 2. The van der Waals surface area contributed by atoms with Crippen molar-refractivity contribution in [2.75, 3.05) is 4.90 Å². The highest BCUT2D eigenvalue weighted by Crippen LogP contribution is 2.27. The number of benzene rings is 3. The summed E-state index contributed by atoms with van der Waals surface area (Å²) in [6, 6.07) is 19.1. The first kappa shape index (κ1) is 19.7. The largest absolute Gasteiger partial charge is 0.488 e. The van der Waals surface area contributed by atoms with Crippen LogP contribution in [0.2, 0.25) is 5.02 Å². The zero-order chi connectivity index (χ0) is 21.1. The van der Waals surface area contributed by atoms with Crippen molar-refractivity contribution >= 4 is 35.3 Å². The standard InChI is InChI=1S/C23H16ClFN2O3/c24-17-5-3-6-19(13-17)27-22(28)20(26-23(27)29)12-16-4-1-2-7-21(16)30-14-15-8-10-18(25)11-9-15/h1-13H,14H2,(H,26,29)/b20-12+. The van der Waals surface area contributed by atoms with Gasteiger partial charge in [0.25, 0.3) is 5.91 Å². The molecule has 0 bridgehead atoms. The quantitative estimate of drug-likeness (QED) is 0.456. The van der Waals surface area contributed by atoms with Gasteiger partial charge < -0.3 is 10.1 Å². The topological polar surface area (TPSA) is 58.6 Å². The van der Waals surface area contributed by atoms with Crippen LogP contribution < -0.4 is 15.0 Å². The normalized spacial score (nSPS) is 14.9. The molecule has 0 aliphatic carbocycles.